The third-order valence-electron chi connectivity index (χ3n) is 0. The van der Waals surface area contributed by atoms with Gasteiger partial charge in [-0.3, -0.25) is 4.79 Å². The van der Waals surface area contributed by atoms with Crippen LogP contribution in [0.2, 0.25) is 0 Å². The van der Waals surface area contributed by atoms with Crippen LogP contribution in [0.15, 0.2) is 0 Å². The first-order valence-electron chi connectivity index (χ1n) is 1.24. The van der Waals surface area contributed by atoms with E-state index in [1.165, 1.54) is 0 Å². The molecule has 0 fully saturated rings. The maximum absolute atomic E-state index is 9.00. The molecule has 4 nitrogen and oxygen atoms in total. The van der Waals surface area contributed by atoms with Crippen molar-refractivity contribution in [2.24, 2.45) is 0 Å². The molecule has 0 amide bonds. The molecule has 0 spiro atoms. The maximum atomic E-state index is 9.00. The summed E-state index contributed by atoms with van der Waals surface area (Å²) in [5.41, 5.74) is 0. The molecule has 0 saturated heterocycles. The van der Waals surface area contributed by atoms with Crippen LogP contribution in [0.25, 0.3) is 0 Å². The Bertz CT molecular complexity index is 39.5. The molecule has 0 aromatic carbocycles. The van der Waals surface area contributed by atoms with Gasteiger partial charge in [0.25, 0.3) is 5.97 Å². The van der Waals surface area contributed by atoms with E-state index in [2.05, 4.69) is 23.7 Å². The number of carboxylic acids is 1. The van der Waals surface area contributed by atoms with Crippen LogP contribution in [-0.2, 0) is 4.79 Å². The minimum absolute atomic E-state index is 0. The van der Waals surface area contributed by atoms with E-state index in [1.807, 2.05) is 0 Å². The molecule has 0 rings (SSSR count). The first-order valence-corrected chi connectivity index (χ1v) is 1.85. The fraction of sp³-hybridized carbons (Fsp3) is 0.500. The van der Waals surface area contributed by atoms with Crippen molar-refractivity contribution in [3.8, 4) is 0 Å². The molecule has 1 N–H and O–H groups in total. The van der Waals surface area contributed by atoms with E-state index in [-0.39, 0.29) is 37.7 Å². The monoisotopic (exact) mass is 202 g/mol. The summed E-state index contributed by atoms with van der Waals surface area (Å²) in [6, 6.07) is 0. The van der Waals surface area contributed by atoms with Crippen molar-refractivity contribution in [3.05, 3.63) is 0 Å². The topological polar surface area (TPSA) is 83.4 Å². The average Bonchev–Trinajstić information content (AvgIpc) is 1.75. The number of carbonyl (C=O) groups is 1. The Morgan fingerprint density at radius 1 is 1.33 bits per heavy atom. The Labute approximate surface area is 92.7 Å². The smallest absolute Gasteiger partial charge is 0.769 e. The number of halogens is 2. The molecule has 0 aromatic rings. The summed E-state index contributed by atoms with van der Waals surface area (Å²) in [5, 5.41) is 7.42. The Hall–Kier alpha value is 1.23. The van der Waals surface area contributed by atoms with Crippen LogP contribution in [0.3, 0.4) is 0 Å². The summed E-state index contributed by atoms with van der Waals surface area (Å²) in [4.78, 5) is 9.00. The second-order valence-electron chi connectivity index (χ2n) is 0.519. The SMILES string of the molecule is CC(=O)O.[Ca+2].[O-]Cl.[O-]Cl. The van der Waals surface area contributed by atoms with Gasteiger partial charge in [-0.05, 0) is 0 Å². The molecule has 52 valence electrons. The summed E-state index contributed by atoms with van der Waals surface area (Å²) >= 11 is 6.78. The molecular weight excluding hydrogens is 199 g/mol. The van der Waals surface area contributed by atoms with E-state index >= 15 is 0 Å². The zero-order valence-corrected chi connectivity index (χ0v) is 8.36. The molecule has 0 radical (unpaired) electrons. The fourth-order valence-electron chi connectivity index (χ4n) is 0. The average molecular weight is 203 g/mol. The third kappa shape index (κ3) is 319. The minimum Gasteiger partial charge on any atom is -0.769 e. The van der Waals surface area contributed by atoms with Gasteiger partial charge in [0.2, 0.25) is 0 Å². The normalized spacial score (nSPS) is 4.11. The van der Waals surface area contributed by atoms with E-state index in [1.54, 1.807) is 0 Å². The molecule has 0 aliphatic heterocycles. The van der Waals surface area contributed by atoms with Gasteiger partial charge in [-0.1, -0.05) is 0 Å². The molecule has 0 saturated carbocycles. The molecule has 9 heavy (non-hydrogen) atoms. The largest absolute Gasteiger partial charge is 2.00 e. The van der Waals surface area contributed by atoms with Gasteiger partial charge >= 0.3 is 37.7 Å². The van der Waals surface area contributed by atoms with E-state index in [0.717, 1.165) is 6.92 Å². The van der Waals surface area contributed by atoms with Gasteiger partial charge < -0.3 is 14.4 Å². The van der Waals surface area contributed by atoms with Crippen LogP contribution >= 0.6 is 23.7 Å². The van der Waals surface area contributed by atoms with E-state index in [0.29, 0.717) is 0 Å². The molecule has 0 atom stereocenters. The predicted octanol–water partition coefficient (Wildman–Crippen LogP) is -1.29. The maximum Gasteiger partial charge on any atom is 2.00 e. The van der Waals surface area contributed by atoms with Gasteiger partial charge in [0.15, 0.2) is 0 Å². The number of rotatable bonds is 0. The van der Waals surface area contributed by atoms with Crippen LogP contribution in [0, 0.1) is 0 Å². The van der Waals surface area contributed by atoms with E-state index < -0.39 is 5.97 Å². The molecule has 0 aliphatic carbocycles. The van der Waals surface area contributed by atoms with Gasteiger partial charge in [-0.15, -0.1) is 0 Å². The summed E-state index contributed by atoms with van der Waals surface area (Å²) in [6.07, 6.45) is 0. The van der Waals surface area contributed by atoms with Crippen LogP contribution < -0.4 is 9.32 Å². The Morgan fingerprint density at radius 3 is 1.33 bits per heavy atom. The third-order valence-corrected chi connectivity index (χ3v) is 0. The first kappa shape index (κ1) is 22.5. The molecule has 0 heterocycles. The summed E-state index contributed by atoms with van der Waals surface area (Å²) in [7, 11) is 0. The Morgan fingerprint density at radius 2 is 1.33 bits per heavy atom. The first-order chi connectivity index (χ1) is 3.73. The number of hydrogen-bond donors (Lipinski definition) is 1. The molecular formula is C2H4CaCl2O4. The zero-order valence-electron chi connectivity index (χ0n) is 4.63. The van der Waals surface area contributed by atoms with Crippen molar-refractivity contribution in [1.82, 2.24) is 0 Å². The zero-order chi connectivity index (χ0) is 7.58. The van der Waals surface area contributed by atoms with Crippen molar-refractivity contribution < 1.29 is 19.2 Å². The van der Waals surface area contributed by atoms with Gasteiger partial charge in [0, 0.05) is 6.92 Å². The number of aliphatic carboxylic acids is 1. The van der Waals surface area contributed by atoms with Crippen LogP contribution in [0.4, 0.5) is 0 Å². The fourth-order valence-corrected chi connectivity index (χ4v) is 0. The van der Waals surface area contributed by atoms with Crippen molar-refractivity contribution >= 4 is 67.4 Å². The summed E-state index contributed by atoms with van der Waals surface area (Å²) in [5.74, 6) is -0.833. The molecule has 7 heteroatoms. The second kappa shape index (κ2) is 34.9. The number of carboxylic acid groups (broad SMARTS) is 1. The van der Waals surface area contributed by atoms with Crippen LogP contribution in [-0.4, -0.2) is 48.8 Å². The second-order valence-corrected chi connectivity index (χ2v) is 0.519. The standard InChI is InChI=1S/C2H4O2.Ca.2ClO/c1-2(3)4;;2*1-2/h1H3,(H,3,4);;;/q;+2;2*-1. The Kier molecular flexibility index (Phi) is 87.2. The summed E-state index contributed by atoms with van der Waals surface area (Å²) < 4.78 is 15.4. The van der Waals surface area contributed by atoms with Crippen LogP contribution in [0.5, 0.6) is 0 Å². The quantitative estimate of drug-likeness (QED) is 0.496. The summed E-state index contributed by atoms with van der Waals surface area (Å²) in [6.45, 7) is 1.08. The van der Waals surface area contributed by atoms with Gasteiger partial charge in [0.05, 0.1) is 0 Å². The minimum atomic E-state index is -0.833. The molecule has 0 aliphatic rings. The Balaban J connectivity index is -0.0000000221. The van der Waals surface area contributed by atoms with Gasteiger partial charge in [0.1, 0.15) is 0 Å². The molecule has 0 aromatic heterocycles. The molecule has 0 unspecified atom stereocenters. The predicted molar refractivity (Wildman–Crippen MR) is 30.8 cm³/mol. The van der Waals surface area contributed by atoms with Crippen LogP contribution in [0.1, 0.15) is 6.92 Å². The van der Waals surface area contributed by atoms with Crippen molar-refractivity contribution in [1.29, 1.82) is 0 Å². The van der Waals surface area contributed by atoms with Crippen molar-refractivity contribution in [2.75, 3.05) is 0 Å². The van der Waals surface area contributed by atoms with E-state index in [4.69, 9.17) is 19.2 Å². The number of hydrogen-bond acceptors (Lipinski definition) is 3. The van der Waals surface area contributed by atoms with Gasteiger partial charge in [-0.2, -0.15) is 0 Å². The van der Waals surface area contributed by atoms with E-state index in [9.17, 15) is 0 Å². The van der Waals surface area contributed by atoms with Crippen molar-refractivity contribution in [2.45, 2.75) is 6.92 Å². The molecule has 0 bridgehead atoms. The van der Waals surface area contributed by atoms with Crippen molar-refractivity contribution in [3.63, 3.8) is 0 Å². The van der Waals surface area contributed by atoms with Gasteiger partial charge in [-0.25, -0.2) is 23.7 Å².